The van der Waals surface area contributed by atoms with Gasteiger partial charge in [0, 0.05) is 6.92 Å². The van der Waals surface area contributed by atoms with E-state index in [9.17, 15) is 4.79 Å². The van der Waals surface area contributed by atoms with Gasteiger partial charge in [-0.25, -0.2) is 0 Å². The molecule has 9 heavy (non-hydrogen) atoms. The van der Waals surface area contributed by atoms with Gasteiger partial charge >= 0.3 is 0 Å². The Hall–Kier alpha value is 0.290. The number of Topliss-reactive ketones (excluding diaryl/α,β-unsaturated/α-hetero) is 1. The van der Waals surface area contributed by atoms with Crippen molar-refractivity contribution in [3.05, 3.63) is 0 Å². The molecule has 0 atom stereocenters. The van der Waals surface area contributed by atoms with Crippen molar-refractivity contribution < 1.29 is 15.0 Å². The van der Waals surface area contributed by atoms with E-state index in [-0.39, 0.29) is 5.75 Å². The summed E-state index contributed by atoms with van der Waals surface area (Å²) in [6.07, 6.45) is 0. The van der Waals surface area contributed by atoms with Gasteiger partial charge in [-0.15, -0.1) is 11.7 Å². The Bertz CT molecular complexity index is 112. The molecule has 0 saturated carbocycles. The van der Waals surface area contributed by atoms with Gasteiger partial charge < -0.3 is 10.2 Å². The van der Waals surface area contributed by atoms with Crippen LogP contribution in [0.25, 0.3) is 0 Å². The lowest BCUT2D eigenvalue weighted by Crippen LogP contribution is -2.38. The van der Waals surface area contributed by atoms with Crippen LogP contribution < -0.4 is 0 Å². The van der Waals surface area contributed by atoms with Gasteiger partial charge in [0.25, 0.3) is 0 Å². The first-order chi connectivity index (χ1) is 4.00. The molecule has 3 nitrogen and oxygen atoms in total. The van der Waals surface area contributed by atoms with Gasteiger partial charge in [-0.3, -0.25) is 4.79 Å². The summed E-state index contributed by atoms with van der Waals surface area (Å²) in [5.41, 5.74) is 0. The molecule has 0 aromatic carbocycles. The van der Waals surface area contributed by atoms with Crippen molar-refractivity contribution in [2.75, 3.05) is 5.75 Å². The van der Waals surface area contributed by atoms with Crippen LogP contribution >= 0.6 is 22.5 Å². The van der Waals surface area contributed by atoms with Crippen molar-refractivity contribution in [1.29, 1.82) is 0 Å². The number of thiol groups is 1. The number of ketones is 1. The monoisotopic (exact) mass is 168 g/mol. The molecular formula is C4H8O3S2. The van der Waals surface area contributed by atoms with Crippen LogP contribution in [0.2, 0.25) is 0 Å². The lowest BCUT2D eigenvalue weighted by Gasteiger charge is -2.15. The van der Waals surface area contributed by atoms with E-state index in [1.165, 1.54) is 0 Å². The van der Waals surface area contributed by atoms with E-state index in [2.05, 4.69) is 11.7 Å². The predicted octanol–water partition coefficient (Wildman–Crippen LogP) is -0.166. The van der Waals surface area contributed by atoms with E-state index in [0.29, 0.717) is 0 Å². The Morgan fingerprint density at radius 2 is 2.22 bits per heavy atom. The molecule has 0 amide bonds. The zero-order chi connectivity index (χ0) is 7.49. The normalized spacial score (nSPS) is 11.6. The highest BCUT2D eigenvalue weighted by Crippen LogP contribution is 2.13. The first-order valence-corrected chi connectivity index (χ1v) is 4.26. The zero-order valence-corrected chi connectivity index (χ0v) is 6.58. The Balaban J connectivity index is 3.85. The second-order valence-corrected chi connectivity index (χ2v) is 2.97. The maximum atomic E-state index is 10.3. The highest BCUT2D eigenvalue weighted by Gasteiger charge is 2.28. The van der Waals surface area contributed by atoms with Crippen molar-refractivity contribution in [2.45, 2.75) is 12.7 Å². The fraction of sp³-hybridized carbons (Fsp3) is 0.750. The Labute approximate surface area is 62.3 Å². The molecule has 0 aliphatic carbocycles. The summed E-state index contributed by atoms with van der Waals surface area (Å²) >= 11 is 3.65. The topological polar surface area (TPSA) is 57.5 Å². The summed E-state index contributed by atoms with van der Waals surface area (Å²) in [6, 6.07) is 0. The van der Waals surface area contributed by atoms with E-state index in [1.54, 1.807) is 0 Å². The van der Waals surface area contributed by atoms with Gasteiger partial charge in [0.05, 0.1) is 5.75 Å². The van der Waals surface area contributed by atoms with E-state index < -0.39 is 11.6 Å². The van der Waals surface area contributed by atoms with Crippen LogP contribution in [0.5, 0.6) is 0 Å². The van der Waals surface area contributed by atoms with Crippen LogP contribution in [0, 0.1) is 0 Å². The summed E-state index contributed by atoms with van der Waals surface area (Å²) in [7, 11) is 0.911. The largest absolute Gasteiger partial charge is 0.359 e. The maximum Gasteiger partial charge on any atom is 0.233 e. The average Bonchev–Trinajstić information content (AvgIpc) is 1.65. The van der Waals surface area contributed by atoms with Crippen LogP contribution in [0.1, 0.15) is 6.92 Å². The van der Waals surface area contributed by atoms with Gasteiger partial charge in [-0.05, 0) is 0 Å². The molecule has 0 aromatic rings. The van der Waals surface area contributed by atoms with Crippen LogP contribution in [0.4, 0.5) is 0 Å². The van der Waals surface area contributed by atoms with Gasteiger partial charge in [0.2, 0.25) is 5.79 Å². The number of aliphatic hydroxyl groups is 2. The number of hydrogen-bond donors (Lipinski definition) is 3. The number of rotatable bonds is 3. The molecule has 0 rings (SSSR count). The highest BCUT2D eigenvalue weighted by atomic mass is 33.1. The van der Waals surface area contributed by atoms with E-state index in [4.69, 9.17) is 10.2 Å². The number of hydrogen-bond acceptors (Lipinski definition) is 5. The Morgan fingerprint density at radius 3 is 2.33 bits per heavy atom. The van der Waals surface area contributed by atoms with Gasteiger partial charge in [-0.1, -0.05) is 10.8 Å². The van der Waals surface area contributed by atoms with Gasteiger partial charge in [0.1, 0.15) is 0 Å². The highest BCUT2D eigenvalue weighted by molar-refractivity contribution is 8.68. The van der Waals surface area contributed by atoms with E-state index in [1.807, 2.05) is 0 Å². The minimum absolute atomic E-state index is 0.106. The molecule has 0 radical (unpaired) electrons. The average molecular weight is 168 g/mol. The van der Waals surface area contributed by atoms with Crippen LogP contribution in [-0.2, 0) is 4.79 Å². The molecule has 0 fully saturated rings. The first kappa shape index (κ1) is 9.29. The second kappa shape index (κ2) is 3.46. The van der Waals surface area contributed by atoms with Crippen LogP contribution in [-0.4, -0.2) is 27.5 Å². The maximum absolute atomic E-state index is 10.3. The fourth-order valence-corrected chi connectivity index (χ4v) is 1.11. The van der Waals surface area contributed by atoms with E-state index >= 15 is 0 Å². The molecule has 5 heteroatoms. The quantitative estimate of drug-likeness (QED) is 0.311. The molecule has 0 aromatic heterocycles. The third-order valence-corrected chi connectivity index (χ3v) is 1.75. The minimum atomic E-state index is -2.20. The van der Waals surface area contributed by atoms with Crippen LogP contribution in [0.15, 0.2) is 0 Å². The molecule has 0 saturated heterocycles. The molecule has 0 heterocycles. The van der Waals surface area contributed by atoms with E-state index in [0.717, 1.165) is 17.7 Å². The lowest BCUT2D eigenvalue weighted by molar-refractivity contribution is -0.171. The smallest absolute Gasteiger partial charge is 0.233 e. The Morgan fingerprint density at radius 1 is 1.78 bits per heavy atom. The lowest BCUT2D eigenvalue weighted by atomic mass is 10.2. The molecule has 0 aliphatic rings. The van der Waals surface area contributed by atoms with Crippen molar-refractivity contribution in [2.24, 2.45) is 0 Å². The van der Waals surface area contributed by atoms with Gasteiger partial charge in [0.15, 0.2) is 5.78 Å². The Kier molecular flexibility index (Phi) is 3.57. The number of carbonyl (C=O) groups excluding carboxylic acids is 1. The molecule has 2 N–H and O–H groups in total. The summed E-state index contributed by atoms with van der Waals surface area (Å²) in [4.78, 5) is 10.3. The molecular weight excluding hydrogens is 160 g/mol. The molecule has 0 spiro atoms. The molecule has 0 bridgehead atoms. The SMILES string of the molecule is CC(=O)C(O)(O)CSS. The van der Waals surface area contributed by atoms with Crippen molar-refractivity contribution in [3.63, 3.8) is 0 Å². The van der Waals surface area contributed by atoms with Crippen molar-refractivity contribution in [1.82, 2.24) is 0 Å². The van der Waals surface area contributed by atoms with Crippen LogP contribution in [0.3, 0.4) is 0 Å². The van der Waals surface area contributed by atoms with Crippen molar-refractivity contribution >= 4 is 28.2 Å². The molecule has 0 unspecified atom stereocenters. The summed E-state index contributed by atoms with van der Waals surface area (Å²) in [5.74, 6) is -2.97. The number of carbonyl (C=O) groups is 1. The third kappa shape index (κ3) is 3.10. The fourth-order valence-electron chi connectivity index (χ4n) is 0.192. The molecule has 0 aliphatic heterocycles. The van der Waals surface area contributed by atoms with Crippen molar-refractivity contribution in [3.8, 4) is 0 Å². The zero-order valence-electron chi connectivity index (χ0n) is 4.87. The summed E-state index contributed by atoms with van der Waals surface area (Å²) in [6.45, 7) is 1.12. The summed E-state index contributed by atoms with van der Waals surface area (Å²) in [5, 5.41) is 17.5. The predicted molar refractivity (Wildman–Crippen MR) is 39.3 cm³/mol. The molecule has 54 valence electrons. The standard InChI is InChI=1S/C4H8O3S2/c1-3(5)4(6,7)2-9-8/h6-8H,2H2,1H3. The summed E-state index contributed by atoms with van der Waals surface area (Å²) < 4.78 is 0. The minimum Gasteiger partial charge on any atom is -0.359 e. The second-order valence-electron chi connectivity index (χ2n) is 1.65. The third-order valence-electron chi connectivity index (χ3n) is 0.830. The first-order valence-electron chi connectivity index (χ1n) is 2.23. The van der Waals surface area contributed by atoms with Gasteiger partial charge in [-0.2, -0.15) is 0 Å².